The maximum atomic E-state index is 13.0. The number of nitrogens with two attached hydrogens (primary N) is 2. The minimum absolute atomic E-state index is 0.0591. The van der Waals surface area contributed by atoms with Gasteiger partial charge in [0.15, 0.2) is 5.16 Å². The summed E-state index contributed by atoms with van der Waals surface area (Å²) in [7, 11) is 1.34. The number of rotatable bonds is 6. The Hall–Kier alpha value is -3.27. The van der Waals surface area contributed by atoms with E-state index >= 15 is 0 Å². The van der Waals surface area contributed by atoms with Gasteiger partial charge < -0.3 is 21.5 Å². The van der Waals surface area contributed by atoms with Gasteiger partial charge in [-0.2, -0.15) is 0 Å². The molecular weight excluding hydrogens is 404 g/mol. The lowest BCUT2D eigenvalue weighted by molar-refractivity contribution is -0.136. The summed E-state index contributed by atoms with van der Waals surface area (Å²) in [6, 6.07) is 10.0. The van der Waals surface area contributed by atoms with E-state index in [2.05, 4.69) is 15.3 Å². The molecule has 5 N–H and O–H groups in total. The molecule has 1 aliphatic carbocycles. The fourth-order valence-electron chi connectivity index (χ4n) is 3.45. The maximum Gasteiger partial charge on any atom is 0.338 e. The summed E-state index contributed by atoms with van der Waals surface area (Å²) in [6.45, 7) is 0. The van der Waals surface area contributed by atoms with Crippen molar-refractivity contribution >= 4 is 35.4 Å². The average Bonchev–Trinajstić information content (AvgIpc) is 3.56. The normalized spacial score (nSPS) is 18.9. The van der Waals surface area contributed by atoms with Gasteiger partial charge in [-0.3, -0.25) is 4.90 Å². The number of urea groups is 1. The fraction of sp³-hybridized carbons (Fsp3) is 0.300. The Morgan fingerprint density at radius 1 is 1.23 bits per heavy atom. The summed E-state index contributed by atoms with van der Waals surface area (Å²) in [6.07, 6.45) is 1.77. The smallest absolute Gasteiger partial charge is 0.338 e. The summed E-state index contributed by atoms with van der Waals surface area (Å²) >= 11 is 1.27. The number of ether oxygens (including phenoxy) is 1. The molecule has 2 aliphatic rings. The van der Waals surface area contributed by atoms with Gasteiger partial charge in [-0.05, 0) is 18.4 Å². The number of nitrogen functional groups attached to an aromatic ring is 2. The molecule has 2 aromatic rings. The summed E-state index contributed by atoms with van der Waals surface area (Å²) in [5.74, 6) is 0.322. The molecule has 4 rings (SSSR count). The van der Waals surface area contributed by atoms with Crippen LogP contribution < -0.4 is 16.8 Å². The maximum absolute atomic E-state index is 13.0. The Kier molecular flexibility index (Phi) is 5.49. The van der Waals surface area contributed by atoms with Crippen molar-refractivity contribution < 1.29 is 14.3 Å². The highest BCUT2D eigenvalue weighted by molar-refractivity contribution is 7.99. The third-order valence-corrected chi connectivity index (χ3v) is 5.77. The molecule has 1 atom stereocenters. The Labute approximate surface area is 177 Å². The number of hydrogen-bond acceptors (Lipinski definition) is 8. The van der Waals surface area contributed by atoms with E-state index in [1.807, 2.05) is 30.3 Å². The van der Waals surface area contributed by atoms with Crippen LogP contribution in [-0.2, 0) is 9.53 Å². The second-order valence-corrected chi connectivity index (χ2v) is 7.98. The molecule has 1 fully saturated rings. The number of hydrogen-bond donors (Lipinski definition) is 3. The van der Waals surface area contributed by atoms with E-state index in [1.54, 1.807) is 4.90 Å². The number of carbonyl (C=O) groups excluding carboxylic acids is 2. The molecule has 2 heterocycles. The zero-order chi connectivity index (χ0) is 21.3. The van der Waals surface area contributed by atoms with E-state index in [0.717, 1.165) is 18.4 Å². The molecule has 1 saturated carbocycles. The Morgan fingerprint density at radius 3 is 2.50 bits per heavy atom. The van der Waals surface area contributed by atoms with Gasteiger partial charge in [0, 0.05) is 23.6 Å². The van der Waals surface area contributed by atoms with Gasteiger partial charge in [0.25, 0.3) is 0 Å². The number of amides is 2. The predicted molar refractivity (Wildman–Crippen MR) is 113 cm³/mol. The summed E-state index contributed by atoms with van der Waals surface area (Å²) in [4.78, 5) is 35.9. The first-order chi connectivity index (χ1) is 14.5. The largest absolute Gasteiger partial charge is 0.466 e. The van der Waals surface area contributed by atoms with Crippen LogP contribution in [0.15, 0.2) is 52.8 Å². The third-order valence-electron chi connectivity index (χ3n) is 4.91. The van der Waals surface area contributed by atoms with E-state index in [4.69, 9.17) is 16.2 Å². The molecule has 9 nitrogen and oxygen atoms in total. The molecule has 0 radical (unpaired) electrons. The number of carbonyl (C=O) groups is 2. The van der Waals surface area contributed by atoms with Crippen LogP contribution in [0.3, 0.4) is 0 Å². The van der Waals surface area contributed by atoms with Crippen molar-refractivity contribution in [1.82, 2.24) is 20.2 Å². The van der Waals surface area contributed by atoms with Crippen molar-refractivity contribution in [3.05, 3.63) is 53.2 Å². The lowest BCUT2D eigenvalue weighted by Crippen LogP contribution is -2.50. The van der Waals surface area contributed by atoms with Crippen molar-refractivity contribution in [1.29, 1.82) is 0 Å². The van der Waals surface area contributed by atoms with E-state index in [1.165, 1.54) is 24.9 Å². The molecule has 1 aliphatic heterocycles. The van der Waals surface area contributed by atoms with Crippen LogP contribution >= 0.6 is 11.8 Å². The highest BCUT2D eigenvalue weighted by Gasteiger charge is 2.43. The molecule has 0 bridgehead atoms. The van der Waals surface area contributed by atoms with Crippen LogP contribution in [0.5, 0.6) is 0 Å². The minimum Gasteiger partial charge on any atom is -0.466 e. The molecular formula is C20H22N6O3S. The van der Waals surface area contributed by atoms with Crippen molar-refractivity contribution in [2.45, 2.75) is 30.1 Å². The second kappa shape index (κ2) is 8.23. The zero-order valence-corrected chi connectivity index (χ0v) is 17.2. The minimum atomic E-state index is -0.608. The number of nitrogens with one attached hydrogen (secondary N) is 1. The molecule has 156 valence electrons. The molecule has 30 heavy (non-hydrogen) atoms. The lowest BCUT2D eigenvalue weighted by Gasteiger charge is -2.36. The Morgan fingerprint density at radius 2 is 1.90 bits per heavy atom. The topological polar surface area (TPSA) is 136 Å². The zero-order valence-electron chi connectivity index (χ0n) is 16.4. The molecule has 10 heteroatoms. The summed E-state index contributed by atoms with van der Waals surface area (Å²) < 4.78 is 5.09. The number of benzene rings is 1. The molecule has 2 amide bonds. The number of anilines is 2. The van der Waals surface area contributed by atoms with E-state index in [9.17, 15) is 9.59 Å². The van der Waals surface area contributed by atoms with Crippen LogP contribution in [0.1, 0.15) is 24.4 Å². The van der Waals surface area contributed by atoms with Gasteiger partial charge in [0.1, 0.15) is 11.6 Å². The van der Waals surface area contributed by atoms with Gasteiger partial charge in [-0.25, -0.2) is 19.6 Å². The number of esters is 1. The van der Waals surface area contributed by atoms with Crippen LogP contribution in [0, 0.1) is 0 Å². The fourth-order valence-corrected chi connectivity index (χ4v) is 4.35. The molecule has 1 aromatic heterocycles. The van der Waals surface area contributed by atoms with Gasteiger partial charge in [0.05, 0.1) is 18.7 Å². The first-order valence-electron chi connectivity index (χ1n) is 9.46. The quantitative estimate of drug-likeness (QED) is 0.363. The van der Waals surface area contributed by atoms with Gasteiger partial charge in [-0.15, -0.1) is 0 Å². The first kappa shape index (κ1) is 20.0. The van der Waals surface area contributed by atoms with E-state index in [0.29, 0.717) is 22.2 Å². The summed E-state index contributed by atoms with van der Waals surface area (Å²) in [5.41, 5.74) is 13.3. The van der Waals surface area contributed by atoms with Crippen LogP contribution in [0.25, 0.3) is 0 Å². The number of nitrogens with zero attached hydrogens (tertiary/aromatic N) is 3. The highest BCUT2D eigenvalue weighted by atomic mass is 32.2. The van der Waals surface area contributed by atoms with Crippen LogP contribution in [0.4, 0.5) is 16.4 Å². The Balaban J connectivity index is 1.76. The number of methoxy groups -OCH3 is 1. The second-order valence-electron chi connectivity index (χ2n) is 7.04. The third kappa shape index (κ3) is 4.04. The Bertz CT molecular complexity index is 989. The summed E-state index contributed by atoms with van der Waals surface area (Å²) in [5, 5.41) is 3.34. The predicted octanol–water partition coefficient (Wildman–Crippen LogP) is 2.09. The van der Waals surface area contributed by atoms with Gasteiger partial charge in [0.2, 0.25) is 0 Å². The van der Waals surface area contributed by atoms with E-state index in [-0.39, 0.29) is 23.7 Å². The molecule has 0 spiro atoms. The van der Waals surface area contributed by atoms with Crippen LogP contribution in [-0.4, -0.2) is 45.8 Å². The van der Waals surface area contributed by atoms with Crippen molar-refractivity contribution in [2.24, 2.45) is 0 Å². The average molecular weight is 427 g/mol. The first-order valence-corrected chi connectivity index (χ1v) is 10.5. The van der Waals surface area contributed by atoms with Gasteiger partial charge in [-0.1, -0.05) is 42.1 Å². The molecule has 1 aromatic carbocycles. The van der Waals surface area contributed by atoms with Gasteiger partial charge >= 0.3 is 12.0 Å². The highest BCUT2D eigenvalue weighted by Crippen LogP contribution is 2.39. The van der Waals surface area contributed by atoms with Crippen molar-refractivity contribution in [3.63, 3.8) is 0 Å². The van der Waals surface area contributed by atoms with E-state index < -0.39 is 12.0 Å². The lowest BCUT2D eigenvalue weighted by atomic mass is 9.95. The number of aromatic nitrogens is 2. The van der Waals surface area contributed by atoms with Crippen molar-refractivity contribution in [3.8, 4) is 0 Å². The monoisotopic (exact) mass is 426 g/mol. The van der Waals surface area contributed by atoms with Crippen molar-refractivity contribution in [2.75, 3.05) is 24.3 Å². The number of thioether (sulfide) groups is 1. The molecule has 0 unspecified atom stereocenters. The van der Waals surface area contributed by atoms with Crippen LogP contribution in [0.2, 0.25) is 0 Å². The standard InChI is InChI=1S/C20H22N6O3S/c1-29-18(27)16-13(10-30-19-23-14(21)9-15(22)24-19)26(12-7-8-12)20(28)25-17(16)11-5-3-2-4-6-11/h2-6,9,12,17H,7-8,10H2,1H3,(H,25,28)(H4,21,22,23,24)/t17-/m1/s1. The SMILES string of the molecule is COC(=O)C1=C(CSc2nc(N)cc(N)n2)N(C2CC2)C(=O)N[C@@H]1c1ccccc1. The molecule has 0 saturated heterocycles.